The first kappa shape index (κ1) is 23.1. The molecule has 0 saturated heterocycles. The van der Waals surface area contributed by atoms with E-state index in [0.29, 0.717) is 0 Å². The van der Waals surface area contributed by atoms with Gasteiger partial charge in [-0.05, 0) is 42.5 Å². The average molecular weight is 497 g/mol. The van der Waals surface area contributed by atoms with Gasteiger partial charge in [-0.3, -0.25) is 9.52 Å². The number of sulfonamides is 2. The van der Waals surface area contributed by atoms with Crippen LogP contribution in [0.15, 0.2) is 105 Å². The van der Waals surface area contributed by atoms with Gasteiger partial charge in [-0.2, -0.15) is 12.8 Å². The molecule has 0 unspecified atom stereocenters. The van der Waals surface area contributed by atoms with Crippen LogP contribution >= 0.6 is 0 Å². The second-order valence-electron chi connectivity index (χ2n) is 7.13. The van der Waals surface area contributed by atoms with E-state index in [-0.39, 0.29) is 37.9 Å². The number of carbonyl (C=O) groups excluding carboxylic acids is 1. The van der Waals surface area contributed by atoms with E-state index in [1.165, 1.54) is 36.4 Å². The highest BCUT2D eigenvalue weighted by atomic mass is 32.2. The predicted molar refractivity (Wildman–Crippen MR) is 123 cm³/mol. The summed E-state index contributed by atoms with van der Waals surface area (Å²) in [5.41, 5.74) is -0.328. The zero-order chi connectivity index (χ0) is 24.5. The summed E-state index contributed by atoms with van der Waals surface area (Å²) in [6.07, 6.45) is 1.06. The number of ketones is 1. The first-order valence-electron chi connectivity index (χ1n) is 9.70. The molecule has 0 saturated carbocycles. The van der Waals surface area contributed by atoms with Crippen LogP contribution in [0, 0.1) is 0 Å². The van der Waals surface area contributed by atoms with Crippen molar-refractivity contribution in [2.75, 3.05) is 0 Å². The van der Waals surface area contributed by atoms with Crippen molar-refractivity contribution in [3.8, 4) is 0 Å². The van der Waals surface area contributed by atoms with Crippen molar-refractivity contribution in [2.45, 2.75) is 9.79 Å². The molecule has 3 aromatic rings. The molecule has 0 heterocycles. The van der Waals surface area contributed by atoms with Gasteiger partial charge >= 0.3 is 5.97 Å². The van der Waals surface area contributed by atoms with Gasteiger partial charge in [0.1, 0.15) is 0 Å². The van der Waals surface area contributed by atoms with Crippen molar-refractivity contribution in [1.82, 2.24) is 4.72 Å². The summed E-state index contributed by atoms with van der Waals surface area (Å²) in [4.78, 5) is 23.6. The fourth-order valence-electron chi connectivity index (χ4n) is 3.24. The molecule has 0 aliphatic heterocycles. The van der Waals surface area contributed by atoms with Gasteiger partial charge in [0.25, 0.3) is 20.0 Å². The number of carbonyl (C=O) groups is 2. The Morgan fingerprint density at radius 2 is 1.35 bits per heavy atom. The summed E-state index contributed by atoms with van der Waals surface area (Å²) in [5, 5.41) is 9.01. The Kier molecular flexibility index (Phi) is 5.90. The van der Waals surface area contributed by atoms with Gasteiger partial charge in [-0.1, -0.05) is 42.5 Å². The third-order valence-electron chi connectivity index (χ3n) is 4.89. The van der Waals surface area contributed by atoms with E-state index in [2.05, 4.69) is 9.12 Å². The van der Waals surface area contributed by atoms with E-state index in [0.717, 1.165) is 30.3 Å². The number of hydrogen-bond acceptors (Lipinski definition) is 6. The summed E-state index contributed by atoms with van der Waals surface area (Å²) in [5.74, 6) is -1.86. The maximum Gasteiger partial charge on any atom is 0.335 e. The fourth-order valence-corrected chi connectivity index (χ4v) is 5.31. The molecule has 172 valence electrons. The summed E-state index contributed by atoms with van der Waals surface area (Å²) in [7, 11) is -8.45. The van der Waals surface area contributed by atoms with E-state index >= 15 is 0 Å². The average Bonchev–Trinajstić information content (AvgIpc) is 2.82. The summed E-state index contributed by atoms with van der Waals surface area (Å²) < 4.78 is 57.3. The Hall–Kier alpha value is -4.09. The van der Waals surface area contributed by atoms with Crippen molar-refractivity contribution in [2.24, 2.45) is 4.40 Å². The van der Waals surface area contributed by atoms with E-state index in [1.807, 2.05) is 0 Å². The predicted octanol–water partition coefficient (Wildman–Crippen LogP) is 2.62. The number of fused-ring (bicyclic) bond motifs is 1. The van der Waals surface area contributed by atoms with E-state index in [9.17, 15) is 26.4 Å². The molecule has 0 fully saturated rings. The number of Topliss-reactive ketones (excluding diaryl/α,β-unsaturated/α-hetero) is 1. The molecule has 1 aliphatic rings. The summed E-state index contributed by atoms with van der Waals surface area (Å²) in [6.45, 7) is 0. The SMILES string of the molecule is O=C(O)c1ccc(S(=O)(=O)/N=C2/C=C(NS(=O)(=O)c3ccccc3)C(=O)c3ccccc32)cc1. The first-order valence-corrected chi connectivity index (χ1v) is 12.6. The number of nitrogens with one attached hydrogen (secondary N) is 1. The van der Waals surface area contributed by atoms with E-state index < -0.39 is 31.8 Å². The van der Waals surface area contributed by atoms with Gasteiger partial charge in [-0.15, -0.1) is 0 Å². The van der Waals surface area contributed by atoms with Crippen molar-refractivity contribution >= 4 is 37.5 Å². The molecule has 11 heteroatoms. The molecule has 4 rings (SSSR count). The van der Waals surface area contributed by atoms with Crippen LogP contribution in [0.2, 0.25) is 0 Å². The van der Waals surface area contributed by atoms with Gasteiger partial charge < -0.3 is 5.11 Å². The highest BCUT2D eigenvalue weighted by molar-refractivity contribution is 7.90. The third kappa shape index (κ3) is 4.51. The zero-order valence-corrected chi connectivity index (χ0v) is 18.9. The second-order valence-corrected chi connectivity index (χ2v) is 10.4. The van der Waals surface area contributed by atoms with Crippen LogP contribution in [-0.4, -0.2) is 39.4 Å². The minimum absolute atomic E-state index is 0.0749. The number of allylic oxidation sites excluding steroid dienone is 2. The van der Waals surface area contributed by atoms with E-state index in [4.69, 9.17) is 5.11 Å². The largest absolute Gasteiger partial charge is 0.478 e. The number of carboxylic acids is 1. The van der Waals surface area contributed by atoms with Crippen LogP contribution in [0.4, 0.5) is 0 Å². The topological polar surface area (TPSA) is 147 Å². The normalized spacial score (nSPS) is 14.9. The summed E-state index contributed by atoms with van der Waals surface area (Å²) >= 11 is 0. The van der Waals surface area contributed by atoms with Crippen LogP contribution in [0.25, 0.3) is 0 Å². The Morgan fingerprint density at radius 1 is 0.765 bits per heavy atom. The van der Waals surface area contributed by atoms with Crippen LogP contribution in [0.3, 0.4) is 0 Å². The molecular weight excluding hydrogens is 480 g/mol. The molecule has 0 aromatic heterocycles. The minimum Gasteiger partial charge on any atom is -0.478 e. The van der Waals surface area contributed by atoms with Crippen molar-refractivity contribution in [3.63, 3.8) is 0 Å². The van der Waals surface area contributed by atoms with Gasteiger partial charge in [0.05, 0.1) is 26.8 Å². The van der Waals surface area contributed by atoms with Gasteiger partial charge in [0, 0.05) is 11.1 Å². The Morgan fingerprint density at radius 3 is 1.97 bits per heavy atom. The van der Waals surface area contributed by atoms with Gasteiger partial charge in [-0.25, -0.2) is 13.2 Å². The molecule has 0 atom stereocenters. The van der Waals surface area contributed by atoms with Gasteiger partial charge in [0.2, 0.25) is 5.78 Å². The monoisotopic (exact) mass is 496 g/mol. The lowest BCUT2D eigenvalue weighted by Crippen LogP contribution is -2.31. The third-order valence-corrected chi connectivity index (χ3v) is 7.58. The molecule has 0 radical (unpaired) electrons. The van der Waals surface area contributed by atoms with Crippen LogP contribution < -0.4 is 4.72 Å². The molecule has 0 spiro atoms. The second kappa shape index (κ2) is 8.69. The Balaban J connectivity index is 1.80. The molecular formula is C23H16N2O7S2. The molecule has 2 N–H and O–H groups in total. The van der Waals surface area contributed by atoms with Crippen LogP contribution in [0.5, 0.6) is 0 Å². The van der Waals surface area contributed by atoms with Crippen molar-refractivity contribution < 1.29 is 31.5 Å². The lowest BCUT2D eigenvalue weighted by Gasteiger charge is -2.18. The number of nitrogens with zero attached hydrogens (tertiary/aromatic N) is 1. The van der Waals surface area contributed by atoms with Crippen molar-refractivity contribution in [1.29, 1.82) is 0 Å². The highest BCUT2D eigenvalue weighted by Crippen LogP contribution is 2.24. The Labute approximate surface area is 195 Å². The summed E-state index contributed by atoms with van der Waals surface area (Å²) in [6, 6.07) is 17.9. The number of hydrogen-bond donors (Lipinski definition) is 2. The zero-order valence-electron chi connectivity index (χ0n) is 17.2. The van der Waals surface area contributed by atoms with Crippen LogP contribution in [-0.2, 0) is 20.0 Å². The number of aromatic carboxylic acids is 1. The highest BCUT2D eigenvalue weighted by Gasteiger charge is 2.29. The van der Waals surface area contributed by atoms with E-state index in [1.54, 1.807) is 18.2 Å². The lowest BCUT2D eigenvalue weighted by atomic mass is 9.93. The lowest BCUT2D eigenvalue weighted by molar-refractivity contribution is 0.0696. The standard InChI is InChI=1S/C23H16N2O7S2/c26-22-19-9-5-4-8-18(19)20(14-21(22)25-33(29,30)16-6-2-1-3-7-16)24-34(31,32)17-12-10-15(11-13-17)23(27)28/h1-14,25H,(H,27,28)/b24-20-. The van der Waals surface area contributed by atoms with Crippen molar-refractivity contribution in [3.05, 3.63) is 107 Å². The molecule has 9 nitrogen and oxygen atoms in total. The first-order chi connectivity index (χ1) is 16.1. The fraction of sp³-hybridized carbons (Fsp3) is 0. The number of carboxylic acid groups (broad SMARTS) is 1. The maximum absolute atomic E-state index is 13.0. The molecule has 0 amide bonds. The quantitative estimate of drug-likeness (QED) is 0.533. The number of benzene rings is 3. The maximum atomic E-state index is 13.0. The Bertz CT molecular complexity index is 1570. The molecule has 3 aromatic carbocycles. The number of rotatable bonds is 6. The van der Waals surface area contributed by atoms with Crippen LogP contribution in [0.1, 0.15) is 26.3 Å². The molecule has 0 bridgehead atoms. The molecule has 1 aliphatic carbocycles. The molecule has 34 heavy (non-hydrogen) atoms. The minimum atomic E-state index is -4.32. The smallest absolute Gasteiger partial charge is 0.335 e. The van der Waals surface area contributed by atoms with Gasteiger partial charge in [0.15, 0.2) is 0 Å².